The molecule has 0 heterocycles. The molecule has 0 saturated heterocycles. The summed E-state index contributed by atoms with van der Waals surface area (Å²) < 4.78 is 0. The second-order valence-corrected chi connectivity index (χ2v) is 6.06. The molecule has 0 N–H and O–H groups in total. The molecule has 0 amide bonds. The highest BCUT2D eigenvalue weighted by molar-refractivity contribution is 5.41. The minimum Gasteiger partial charge on any atom is -0.0622 e. The van der Waals surface area contributed by atoms with Gasteiger partial charge in [-0.25, -0.2) is 0 Å². The predicted molar refractivity (Wildman–Crippen MR) is 85.3 cm³/mol. The zero-order valence-electron chi connectivity index (χ0n) is 12.1. The zero-order chi connectivity index (χ0) is 13.6. The average molecular weight is 263 g/mol. The Balaban J connectivity index is 1.76. The summed E-state index contributed by atoms with van der Waals surface area (Å²) in [6.07, 6.45) is 19.2. The summed E-state index contributed by atoms with van der Waals surface area (Å²) in [5.41, 5.74) is 4.33. The first-order valence-electron chi connectivity index (χ1n) is 7.94. The molecule has 20 heavy (non-hydrogen) atoms. The van der Waals surface area contributed by atoms with Gasteiger partial charge in [0, 0.05) is 0 Å². The first-order chi connectivity index (χ1) is 9.92. The van der Waals surface area contributed by atoms with Gasteiger partial charge >= 0.3 is 0 Å². The SMILES string of the molecule is [C]1=CC=CC1=C(Cc1ccccc1)CC1CCCCC1. The van der Waals surface area contributed by atoms with E-state index < -0.39 is 0 Å². The quantitative estimate of drug-likeness (QED) is 0.680. The highest BCUT2D eigenvalue weighted by Crippen LogP contribution is 2.32. The monoisotopic (exact) mass is 263 g/mol. The third kappa shape index (κ3) is 3.50. The van der Waals surface area contributed by atoms with Gasteiger partial charge in [-0.15, -0.1) is 0 Å². The van der Waals surface area contributed by atoms with Crippen molar-refractivity contribution < 1.29 is 0 Å². The van der Waals surface area contributed by atoms with Crippen LogP contribution in [0.5, 0.6) is 0 Å². The normalized spacial score (nSPS) is 21.4. The van der Waals surface area contributed by atoms with Crippen molar-refractivity contribution in [2.45, 2.75) is 44.9 Å². The predicted octanol–water partition coefficient (Wildman–Crippen LogP) is 5.43. The molecule has 0 heteroatoms. The van der Waals surface area contributed by atoms with Crippen molar-refractivity contribution in [2.24, 2.45) is 5.92 Å². The van der Waals surface area contributed by atoms with Crippen LogP contribution >= 0.6 is 0 Å². The Labute approximate surface area is 122 Å². The molecule has 0 spiro atoms. The maximum absolute atomic E-state index is 3.41. The minimum absolute atomic E-state index is 0.894. The van der Waals surface area contributed by atoms with E-state index in [1.807, 2.05) is 6.08 Å². The average Bonchev–Trinajstić information content (AvgIpc) is 3.03. The van der Waals surface area contributed by atoms with Crippen molar-refractivity contribution in [1.29, 1.82) is 0 Å². The van der Waals surface area contributed by atoms with Gasteiger partial charge in [0.25, 0.3) is 0 Å². The molecular weight excluding hydrogens is 240 g/mol. The van der Waals surface area contributed by atoms with E-state index in [-0.39, 0.29) is 0 Å². The van der Waals surface area contributed by atoms with Crippen molar-refractivity contribution in [3.05, 3.63) is 71.3 Å². The van der Waals surface area contributed by atoms with E-state index in [2.05, 4.69) is 48.6 Å². The molecular formula is C20H23. The first kappa shape index (κ1) is 13.4. The fourth-order valence-corrected chi connectivity index (χ4v) is 3.41. The zero-order valence-corrected chi connectivity index (χ0v) is 12.1. The lowest BCUT2D eigenvalue weighted by Gasteiger charge is -2.23. The van der Waals surface area contributed by atoms with Crippen LogP contribution in [-0.2, 0) is 6.42 Å². The maximum atomic E-state index is 3.41. The fraction of sp³-hybridized carbons (Fsp3) is 0.400. The molecule has 0 nitrogen and oxygen atoms in total. The summed E-state index contributed by atoms with van der Waals surface area (Å²) in [7, 11) is 0. The van der Waals surface area contributed by atoms with E-state index in [0.29, 0.717) is 0 Å². The molecule has 1 fully saturated rings. The van der Waals surface area contributed by atoms with Crippen LogP contribution in [0, 0.1) is 12.0 Å². The lowest BCUT2D eigenvalue weighted by atomic mass is 9.82. The van der Waals surface area contributed by atoms with Crippen LogP contribution in [0.4, 0.5) is 0 Å². The smallest absolute Gasteiger partial charge is 0.00578 e. The third-order valence-electron chi connectivity index (χ3n) is 4.50. The summed E-state index contributed by atoms with van der Waals surface area (Å²) in [6.45, 7) is 0. The molecule has 0 atom stereocenters. The molecule has 103 valence electrons. The lowest BCUT2D eigenvalue weighted by Crippen LogP contribution is -2.09. The number of hydrogen-bond acceptors (Lipinski definition) is 0. The van der Waals surface area contributed by atoms with Gasteiger partial charge in [0.15, 0.2) is 0 Å². The first-order valence-corrected chi connectivity index (χ1v) is 7.94. The summed E-state index contributed by atoms with van der Waals surface area (Å²) in [5.74, 6) is 0.894. The Hall–Kier alpha value is -1.56. The van der Waals surface area contributed by atoms with Gasteiger partial charge in [0.2, 0.25) is 0 Å². The molecule has 1 aromatic carbocycles. The van der Waals surface area contributed by atoms with Gasteiger partial charge < -0.3 is 0 Å². The van der Waals surface area contributed by atoms with Crippen molar-refractivity contribution in [3.63, 3.8) is 0 Å². The van der Waals surface area contributed by atoms with Crippen LogP contribution in [0.25, 0.3) is 0 Å². The van der Waals surface area contributed by atoms with Crippen LogP contribution in [0.1, 0.15) is 44.1 Å². The second kappa shape index (κ2) is 6.74. The molecule has 1 radical (unpaired) electrons. The van der Waals surface area contributed by atoms with Gasteiger partial charge in [-0.3, -0.25) is 0 Å². The molecule has 0 aliphatic heterocycles. The summed E-state index contributed by atoms with van der Waals surface area (Å²) in [4.78, 5) is 0. The van der Waals surface area contributed by atoms with Crippen molar-refractivity contribution in [1.82, 2.24) is 0 Å². The molecule has 3 rings (SSSR count). The summed E-state index contributed by atoms with van der Waals surface area (Å²) >= 11 is 0. The number of allylic oxidation sites excluding steroid dienone is 6. The molecule has 1 saturated carbocycles. The van der Waals surface area contributed by atoms with Crippen LogP contribution in [0.15, 0.2) is 59.7 Å². The summed E-state index contributed by atoms with van der Waals surface area (Å²) in [5, 5.41) is 0. The topological polar surface area (TPSA) is 0 Å². The van der Waals surface area contributed by atoms with Gasteiger partial charge in [-0.1, -0.05) is 86.2 Å². The van der Waals surface area contributed by atoms with E-state index in [4.69, 9.17) is 0 Å². The molecule has 2 aliphatic carbocycles. The molecule has 2 aliphatic rings. The van der Waals surface area contributed by atoms with E-state index >= 15 is 0 Å². The van der Waals surface area contributed by atoms with E-state index in [9.17, 15) is 0 Å². The van der Waals surface area contributed by atoms with Crippen LogP contribution in [-0.4, -0.2) is 0 Å². The van der Waals surface area contributed by atoms with E-state index in [0.717, 1.165) is 12.3 Å². The van der Waals surface area contributed by atoms with Crippen molar-refractivity contribution in [3.8, 4) is 0 Å². The van der Waals surface area contributed by atoms with Crippen LogP contribution < -0.4 is 0 Å². The summed E-state index contributed by atoms with van der Waals surface area (Å²) in [6, 6.07) is 10.9. The minimum atomic E-state index is 0.894. The molecule has 0 bridgehead atoms. The Morgan fingerprint density at radius 3 is 2.55 bits per heavy atom. The number of benzene rings is 1. The molecule has 0 unspecified atom stereocenters. The molecule has 1 aromatic rings. The van der Waals surface area contributed by atoms with Crippen LogP contribution in [0.2, 0.25) is 0 Å². The Morgan fingerprint density at radius 2 is 1.85 bits per heavy atom. The van der Waals surface area contributed by atoms with Gasteiger partial charge in [0.05, 0.1) is 0 Å². The fourth-order valence-electron chi connectivity index (χ4n) is 3.41. The standard InChI is InChI=1S/C20H23/c1-3-9-17(10-4-1)15-20(19-13-7-8-14-19)16-18-11-5-2-6-12-18/h1,3-4,7-10,13,18H,2,5-6,11-12,15-16H2. The molecule has 0 aromatic heterocycles. The van der Waals surface area contributed by atoms with Crippen LogP contribution in [0.3, 0.4) is 0 Å². The third-order valence-corrected chi connectivity index (χ3v) is 4.50. The van der Waals surface area contributed by atoms with Gasteiger partial charge in [-0.2, -0.15) is 0 Å². The largest absolute Gasteiger partial charge is 0.0622 e. The maximum Gasteiger partial charge on any atom is -0.00578 e. The van der Waals surface area contributed by atoms with Gasteiger partial charge in [0.1, 0.15) is 0 Å². The van der Waals surface area contributed by atoms with Crippen molar-refractivity contribution in [2.75, 3.05) is 0 Å². The Morgan fingerprint density at radius 1 is 1.05 bits per heavy atom. The van der Waals surface area contributed by atoms with E-state index in [1.54, 1.807) is 5.57 Å². The second-order valence-electron chi connectivity index (χ2n) is 6.06. The number of hydrogen-bond donors (Lipinski definition) is 0. The Bertz CT molecular complexity index is 496. The van der Waals surface area contributed by atoms with Gasteiger partial charge in [-0.05, 0) is 36.0 Å². The lowest BCUT2D eigenvalue weighted by molar-refractivity contribution is 0.354. The highest BCUT2D eigenvalue weighted by Gasteiger charge is 2.17. The van der Waals surface area contributed by atoms with E-state index in [1.165, 1.54) is 49.7 Å². The number of rotatable bonds is 4. The highest BCUT2D eigenvalue weighted by atomic mass is 14.2. The Kier molecular flexibility index (Phi) is 4.53. The van der Waals surface area contributed by atoms with Crippen molar-refractivity contribution >= 4 is 0 Å².